The second kappa shape index (κ2) is 7.28. The predicted molar refractivity (Wildman–Crippen MR) is 105 cm³/mol. The topological polar surface area (TPSA) is 92.8 Å². The highest BCUT2D eigenvalue weighted by Crippen LogP contribution is 2.56. The normalized spacial score (nSPS) is 28.4. The minimum absolute atomic E-state index is 0.253. The van der Waals surface area contributed by atoms with Gasteiger partial charge in [-0.05, 0) is 75.1 Å². The number of amides is 3. The Hall–Kier alpha value is -2.70. The zero-order chi connectivity index (χ0) is 20.9. The Bertz CT molecular complexity index is 847. The molecule has 1 heterocycles. The van der Waals surface area contributed by atoms with Gasteiger partial charge < -0.3 is 10.1 Å². The summed E-state index contributed by atoms with van der Waals surface area (Å²) in [5, 5.41) is 2.69. The lowest BCUT2D eigenvalue weighted by atomic mass is 9.81. The molecular weight excluding hydrogens is 372 g/mol. The number of imide groups is 1. The van der Waals surface area contributed by atoms with Crippen LogP contribution in [0.1, 0.15) is 37.3 Å². The molecule has 7 nitrogen and oxygen atoms in total. The number of hydrogen-bond donors (Lipinski definition) is 1. The Labute approximate surface area is 169 Å². The first kappa shape index (κ1) is 19.6. The molecule has 5 atom stereocenters. The molecule has 1 aliphatic heterocycles. The molecule has 29 heavy (non-hydrogen) atoms. The molecule has 2 aliphatic carbocycles. The lowest BCUT2D eigenvalue weighted by Gasteiger charge is -2.23. The molecule has 2 saturated carbocycles. The van der Waals surface area contributed by atoms with E-state index in [9.17, 15) is 19.2 Å². The molecule has 0 radical (unpaired) electrons. The van der Waals surface area contributed by atoms with Crippen molar-refractivity contribution in [2.75, 3.05) is 11.9 Å². The minimum atomic E-state index is -1.02. The molecule has 0 spiro atoms. The molecule has 3 amide bonds. The van der Waals surface area contributed by atoms with Gasteiger partial charge in [-0.3, -0.25) is 19.3 Å². The van der Waals surface area contributed by atoms with Gasteiger partial charge in [0.25, 0.3) is 5.91 Å². The van der Waals surface area contributed by atoms with Crippen LogP contribution in [0.2, 0.25) is 0 Å². The molecule has 0 unspecified atom stereocenters. The van der Waals surface area contributed by atoms with Crippen molar-refractivity contribution in [3.8, 4) is 0 Å². The van der Waals surface area contributed by atoms with Crippen molar-refractivity contribution >= 4 is 29.4 Å². The number of anilines is 1. The van der Waals surface area contributed by atoms with E-state index in [1.165, 1.54) is 6.92 Å². The summed E-state index contributed by atoms with van der Waals surface area (Å²) in [6.07, 6.45) is 2.91. The number of rotatable bonds is 5. The first-order valence-electron chi connectivity index (χ1n) is 10.2. The number of likely N-dealkylation sites (tertiary alicyclic amines) is 1. The van der Waals surface area contributed by atoms with Gasteiger partial charge in [0.15, 0.2) is 6.61 Å². The van der Waals surface area contributed by atoms with Gasteiger partial charge in [-0.2, -0.15) is 0 Å². The summed E-state index contributed by atoms with van der Waals surface area (Å²) < 4.78 is 5.10. The second-order valence-electron chi connectivity index (χ2n) is 8.64. The second-order valence-corrected chi connectivity index (χ2v) is 8.64. The van der Waals surface area contributed by atoms with Crippen LogP contribution in [0.4, 0.5) is 5.69 Å². The summed E-state index contributed by atoms with van der Waals surface area (Å²) in [7, 11) is 0. The van der Waals surface area contributed by atoms with Crippen molar-refractivity contribution in [1.82, 2.24) is 4.90 Å². The number of ether oxygens (including phenoxy) is 1. The fourth-order valence-corrected chi connectivity index (χ4v) is 5.42. The fraction of sp³-hybridized carbons (Fsp3) is 0.545. The summed E-state index contributed by atoms with van der Waals surface area (Å²) in [5.41, 5.74) is 2.65. The summed E-state index contributed by atoms with van der Waals surface area (Å²) in [6, 6.07) is 4.62. The number of nitrogens with zero attached hydrogens (tertiary/aromatic N) is 1. The highest BCUT2D eigenvalue weighted by atomic mass is 16.5. The summed E-state index contributed by atoms with van der Waals surface area (Å²) in [5.74, 6) is -1.74. The maximum absolute atomic E-state index is 12.8. The van der Waals surface area contributed by atoms with Gasteiger partial charge in [0, 0.05) is 5.69 Å². The molecule has 1 saturated heterocycles. The van der Waals surface area contributed by atoms with Crippen molar-refractivity contribution in [1.29, 1.82) is 0 Å². The van der Waals surface area contributed by atoms with E-state index < -0.39 is 24.5 Å². The first-order valence-corrected chi connectivity index (χ1v) is 10.2. The number of nitrogens with one attached hydrogen (secondary N) is 1. The van der Waals surface area contributed by atoms with E-state index in [0.29, 0.717) is 5.69 Å². The standard InChI is InChI=1S/C22H26N2O5/c1-11-6-12(2)8-16(7-11)23-17(25)10-29-22(28)13(3)24-20(26)18-14-4-5-15(9-14)19(18)21(24)27/h6-8,13-15,18-19H,4-5,9-10H2,1-3H3,(H,23,25)/t13-,14-,15-,18-,19+/m0/s1. The number of fused-ring (bicyclic) bond motifs is 5. The van der Waals surface area contributed by atoms with Crippen LogP contribution in [-0.2, 0) is 23.9 Å². The molecule has 3 fully saturated rings. The zero-order valence-corrected chi connectivity index (χ0v) is 16.9. The predicted octanol–water partition coefficient (Wildman–Crippen LogP) is 2.20. The Morgan fingerprint density at radius 2 is 1.62 bits per heavy atom. The van der Waals surface area contributed by atoms with Gasteiger partial charge in [-0.25, -0.2) is 4.79 Å². The number of hydrogen-bond acceptors (Lipinski definition) is 5. The van der Waals surface area contributed by atoms with Crippen molar-refractivity contribution in [3.63, 3.8) is 0 Å². The van der Waals surface area contributed by atoms with Gasteiger partial charge in [0.1, 0.15) is 6.04 Å². The Kier molecular flexibility index (Phi) is 4.92. The van der Waals surface area contributed by atoms with Crippen molar-refractivity contribution in [2.45, 2.75) is 46.1 Å². The third kappa shape index (κ3) is 3.43. The summed E-state index contributed by atoms with van der Waals surface area (Å²) >= 11 is 0. The minimum Gasteiger partial charge on any atom is -0.454 e. The fourth-order valence-electron chi connectivity index (χ4n) is 5.42. The zero-order valence-electron chi connectivity index (χ0n) is 16.9. The van der Waals surface area contributed by atoms with Gasteiger partial charge in [-0.15, -0.1) is 0 Å². The molecule has 0 aromatic heterocycles. The van der Waals surface area contributed by atoms with Crippen molar-refractivity contribution in [3.05, 3.63) is 29.3 Å². The van der Waals surface area contributed by atoms with Gasteiger partial charge in [0.2, 0.25) is 11.8 Å². The van der Waals surface area contributed by atoms with Crippen LogP contribution < -0.4 is 5.32 Å². The number of carbonyl (C=O) groups is 4. The van der Waals surface area contributed by atoms with Crippen LogP contribution in [0.15, 0.2) is 18.2 Å². The van der Waals surface area contributed by atoms with E-state index in [1.807, 2.05) is 32.0 Å². The van der Waals surface area contributed by atoms with E-state index >= 15 is 0 Å². The molecule has 1 N–H and O–H groups in total. The van der Waals surface area contributed by atoms with Crippen LogP contribution in [0.3, 0.4) is 0 Å². The molecule has 154 valence electrons. The van der Waals surface area contributed by atoms with Gasteiger partial charge >= 0.3 is 5.97 Å². The maximum atomic E-state index is 12.8. The molecule has 2 bridgehead atoms. The van der Waals surface area contributed by atoms with E-state index in [1.54, 1.807) is 0 Å². The van der Waals surface area contributed by atoms with E-state index in [2.05, 4.69) is 5.32 Å². The van der Waals surface area contributed by atoms with E-state index in [-0.39, 0.29) is 35.5 Å². The van der Waals surface area contributed by atoms with Crippen molar-refractivity contribution in [2.24, 2.45) is 23.7 Å². The molecule has 1 aromatic rings. The Morgan fingerprint density at radius 3 is 2.17 bits per heavy atom. The summed E-state index contributed by atoms with van der Waals surface area (Å²) in [4.78, 5) is 51.2. The first-order chi connectivity index (χ1) is 13.8. The largest absolute Gasteiger partial charge is 0.454 e. The molecule has 7 heteroatoms. The lowest BCUT2D eigenvalue weighted by Crippen LogP contribution is -2.45. The highest BCUT2D eigenvalue weighted by Gasteiger charge is 2.62. The van der Waals surface area contributed by atoms with Crippen LogP contribution in [-0.4, -0.2) is 41.2 Å². The third-order valence-electron chi connectivity index (χ3n) is 6.54. The smallest absolute Gasteiger partial charge is 0.329 e. The molecular formula is C22H26N2O5. The van der Waals surface area contributed by atoms with Gasteiger partial charge in [0.05, 0.1) is 11.8 Å². The van der Waals surface area contributed by atoms with E-state index in [4.69, 9.17) is 4.74 Å². The molecule has 4 rings (SSSR count). The van der Waals surface area contributed by atoms with Crippen LogP contribution >= 0.6 is 0 Å². The Balaban J connectivity index is 1.34. The highest BCUT2D eigenvalue weighted by molar-refractivity contribution is 6.08. The van der Waals surface area contributed by atoms with Gasteiger partial charge in [-0.1, -0.05) is 6.07 Å². The molecule has 3 aliphatic rings. The number of aryl methyl sites for hydroxylation is 2. The van der Waals surface area contributed by atoms with Crippen LogP contribution in [0.5, 0.6) is 0 Å². The monoisotopic (exact) mass is 398 g/mol. The Morgan fingerprint density at radius 1 is 1.07 bits per heavy atom. The maximum Gasteiger partial charge on any atom is 0.329 e. The van der Waals surface area contributed by atoms with E-state index in [0.717, 1.165) is 35.3 Å². The third-order valence-corrected chi connectivity index (χ3v) is 6.54. The van der Waals surface area contributed by atoms with Crippen LogP contribution in [0, 0.1) is 37.5 Å². The SMILES string of the molecule is Cc1cc(C)cc(NC(=O)COC(=O)[C@H](C)N2C(=O)[C@@H]3[C@H]4CC[C@@H](C4)[C@@H]3C2=O)c1. The van der Waals surface area contributed by atoms with Crippen molar-refractivity contribution < 1.29 is 23.9 Å². The number of carbonyl (C=O) groups excluding carboxylic acids is 4. The average molecular weight is 398 g/mol. The van der Waals surface area contributed by atoms with Crippen LogP contribution in [0.25, 0.3) is 0 Å². The molecule has 1 aromatic carbocycles. The summed E-state index contributed by atoms with van der Waals surface area (Å²) in [6.45, 7) is 4.87. The number of esters is 1. The quantitative estimate of drug-likeness (QED) is 0.606. The number of benzene rings is 1. The lowest BCUT2D eigenvalue weighted by molar-refractivity contribution is -0.159. The average Bonchev–Trinajstić information content (AvgIpc) is 3.32.